The first-order valence-electron chi connectivity index (χ1n) is 4.28. The number of morpholine rings is 1. The average molecular weight is 182 g/mol. The van der Waals surface area contributed by atoms with Crippen molar-refractivity contribution in [3.8, 4) is 12.3 Å². The third-order valence-corrected chi connectivity index (χ3v) is 2.09. The van der Waals surface area contributed by atoms with Gasteiger partial charge in [-0.2, -0.15) is 0 Å². The summed E-state index contributed by atoms with van der Waals surface area (Å²) in [6.45, 7) is 3.43. The lowest BCUT2D eigenvalue weighted by Crippen LogP contribution is -2.51. The number of nitrogens with zero attached hydrogens (tertiary/aromatic N) is 1. The lowest BCUT2D eigenvalue weighted by Gasteiger charge is -2.33. The Labute approximate surface area is 78.0 Å². The smallest absolute Gasteiger partial charge is 0.298 e. The standard InChI is InChI=1S/C9H14N2O2/c1-3-9(12)11-4-5-13-8(6-11)7(2)10/h1,7-8H,4-6,10H2,2H3. The Morgan fingerprint density at radius 3 is 3.08 bits per heavy atom. The second kappa shape index (κ2) is 4.26. The molecule has 13 heavy (non-hydrogen) atoms. The van der Waals surface area contributed by atoms with E-state index in [2.05, 4.69) is 5.92 Å². The average Bonchev–Trinajstić information content (AvgIpc) is 2.17. The van der Waals surface area contributed by atoms with Crippen molar-refractivity contribution >= 4 is 5.91 Å². The molecule has 0 aliphatic carbocycles. The van der Waals surface area contributed by atoms with Crippen molar-refractivity contribution in [1.29, 1.82) is 0 Å². The van der Waals surface area contributed by atoms with Crippen LogP contribution in [0.1, 0.15) is 6.92 Å². The molecule has 1 heterocycles. The molecule has 0 aromatic carbocycles. The number of rotatable bonds is 1. The topological polar surface area (TPSA) is 55.6 Å². The molecule has 0 bridgehead atoms. The van der Waals surface area contributed by atoms with E-state index in [1.807, 2.05) is 6.92 Å². The summed E-state index contributed by atoms with van der Waals surface area (Å²) in [6, 6.07) is -0.0756. The van der Waals surface area contributed by atoms with Crippen LogP contribution in [0, 0.1) is 12.3 Å². The summed E-state index contributed by atoms with van der Waals surface area (Å²) in [4.78, 5) is 12.7. The molecule has 0 saturated carbocycles. The summed E-state index contributed by atoms with van der Waals surface area (Å²) in [5.41, 5.74) is 5.66. The molecule has 0 aromatic heterocycles. The van der Waals surface area contributed by atoms with Gasteiger partial charge in [0, 0.05) is 19.1 Å². The molecule has 1 amide bonds. The van der Waals surface area contributed by atoms with Crippen LogP contribution in [0.3, 0.4) is 0 Å². The van der Waals surface area contributed by atoms with Gasteiger partial charge in [-0.15, -0.1) is 6.42 Å². The lowest BCUT2D eigenvalue weighted by molar-refractivity contribution is -0.133. The Balaban J connectivity index is 2.52. The Hall–Kier alpha value is -1.05. The van der Waals surface area contributed by atoms with Gasteiger partial charge in [0.1, 0.15) is 0 Å². The van der Waals surface area contributed by atoms with E-state index in [4.69, 9.17) is 16.9 Å². The van der Waals surface area contributed by atoms with Gasteiger partial charge in [-0.1, -0.05) is 0 Å². The maximum absolute atomic E-state index is 11.1. The minimum atomic E-state index is -0.283. The van der Waals surface area contributed by atoms with Crippen molar-refractivity contribution < 1.29 is 9.53 Å². The lowest BCUT2D eigenvalue weighted by atomic mass is 10.1. The largest absolute Gasteiger partial charge is 0.373 e. The van der Waals surface area contributed by atoms with Crippen molar-refractivity contribution in [3.63, 3.8) is 0 Å². The van der Waals surface area contributed by atoms with E-state index in [9.17, 15) is 4.79 Å². The van der Waals surface area contributed by atoms with Crippen LogP contribution in [0.2, 0.25) is 0 Å². The summed E-state index contributed by atoms with van der Waals surface area (Å²) in [6.07, 6.45) is 4.92. The van der Waals surface area contributed by atoms with Crippen molar-refractivity contribution in [2.45, 2.75) is 19.1 Å². The van der Waals surface area contributed by atoms with Gasteiger partial charge in [-0.3, -0.25) is 4.79 Å². The monoisotopic (exact) mass is 182 g/mol. The first-order chi connectivity index (χ1) is 6.15. The highest BCUT2D eigenvalue weighted by Crippen LogP contribution is 2.07. The molecule has 4 nitrogen and oxygen atoms in total. The molecule has 1 saturated heterocycles. The number of nitrogens with two attached hydrogens (primary N) is 1. The molecule has 4 heteroatoms. The Morgan fingerprint density at radius 2 is 2.54 bits per heavy atom. The molecule has 0 radical (unpaired) electrons. The molecule has 0 aromatic rings. The van der Waals surface area contributed by atoms with Gasteiger partial charge in [-0.05, 0) is 12.8 Å². The van der Waals surface area contributed by atoms with Crippen LogP contribution in [-0.2, 0) is 9.53 Å². The molecule has 2 unspecified atom stereocenters. The predicted octanol–water partition coefficient (Wildman–Crippen LogP) is -0.806. The van der Waals surface area contributed by atoms with Gasteiger partial charge in [0.25, 0.3) is 5.91 Å². The summed E-state index contributed by atoms with van der Waals surface area (Å²) in [7, 11) is 0. The first-order valence-corrected chi connectivity index (χ1v) is 4.28. The third-order valence-electron chi connectivity index (χ3n) is 2.09. The van der Waals surface area contributed by atoms with Crippen molar-refractivity contribution in [2.75, 3.05) is 19.7 Å². The van der Waals surface area contributed by atoms with E-state index >= 15 is 0 Å². The number of hydrogen-bond acceptors (Lipinski definition) is 3. The number of carbonyl (C=O) groups is 1. The minimum absolute atomic E-state index is 0.0756. The fourth-order valence-corrected chi connectivity index (χ4v) is 1.27. The predicted molar refractivity (Wildman–Crippen MR) is 48.8 cm³/mol. The van der Waals surface area contributed by atoms with E-state index in [0.717, 1.165) is 0 Å². The molecule has 1 aliphatic rings. The van der Waals surface area contributed by atoms with Crippen LogP contribution in [0.4, 0.5) is 0 Å². The van der Waals surface area contributed by atoms with Crippen molar-refractivity contribution in [3.05, 3.63) is 0 Å². The summed E-state index contributed by atoms with van der Waals surface area (Å²) in [5.74, 6) is 1.80. The molecule has 72 valence electrons. The zero-order valence-corrected chi connectivity index (χ0v) is 7.69. The van der Waals surface area contributed by atoms with Gasteiger partial charge in [-0.25, -0.2) is 0 Å². The van der Waals surface area contributed by atoms with Crippen LogP contribution in [0.15, 0.2) is 0 Å². The van der Waals surface area contributed by atoms with Crippen molar-refractivity contribution in [2.24, 2.45) is 5.73 Å². The molecule has 2 N–H and O–H groups in total. The van der Waals surface area contributed by atoms with E-state index in [1.165, 1.54) is 0 Å². The minimum Gasteiger partial charge on any atom is -0.373 e. The normalized spacial score (nSPS) is 25.0. The van der Waals surface area contributed by atoms with Gasteiger partial charge in [0.15, 0.2) is 0 Å². The highest BCUT2D eigenvalue weighted by atomic mass is 16.5. The second-order valence-electron chi connectivity index (χ2n) is 3.16. The van der Waals surface area contributed by atoms with Gasteiger partial charge >= 0.3 is 0 Å². The van der Waals surface area contributed by atoms with Crippen molar-refractivity contribution in [1.82, 2.24) is 4.90 Å². The van der Waals surface area contributed by atoms with Crippen LogP contribution in [-0.4, -0.2) is 42.6 Å². The zero-order chi connectivity index (χ0) is 9.84. The zero-order valence-electron chi connectivity index (χ0n) is 7.69. The van der Waals surface area contributed by atoms with E-state index < -0.39 is 0 Å². The van der Waals surface area contributed by atoms with Gasteiger partial charge in [0.05, 0.1) is 12.7 Å². The quantitative estimate of drug-likeness (QED) is 0.540. The van der Waals surface area contributed by atoms with E-state index in [0.29, 0.717) is 19.7 Å². The van der Waals surface area contributed by atoms with Gasteiger partial charge in [0.2, 0.25) is 0 Å². The summed E-state index contributed by atoms with van der Waals surface area (Å²) < 4.78 is 5.38. The van der Waals surface area contributed by atoms with Crippen LogP contribution < -0.4 is 5.73 Å². The van der Waals surface area contributed by atoms with Gasteiger partial charge < -0.3 is 15.4 Å². The maximum atomic E-state index is 11.1. The molecule has 0 spiro atoms. The van der Waals surface area contributed by atoms with E-state index in [1.54, 1.807) is 4.90 Å². The Bertz CT molecular complexity index is 232. The highest BCUT2D eigenvalue weighted by molar-refractivity contribution is 5.92. The number of carbonyl (C=O) groups excluding carboxylic acids is 1. The number of ether oxygens (including phenoxy) is 1. The SMILES string of the molecule is C#CC(=O)N1CCOC(C(C)N)C1. The fraction of sp³-hybridized carbons (Fsp3) is 0.667. The maximum Gasteiger partial charge on any atom is 0.298 e. The molecule has 1 rings (SSSR count). The third kappa shape index (κ3) is 2.44. The number of hydrogen-bond donors (Lipinski definition) is 1. The first kappa shape index (κ1) is 10.0. The fourth-order valence-electron chi connectivity index (χ4n) is 1.27. The highest BCUT2D eigenvalue weighted by Gasteiger charge is 2.25. The summed E-state index contributed by atoms with van der Waals surface area (Å²) in [5, 5.41) is 0. The second-order valence-corrected chi connectivity index (χ2v) is 3.16. The molecule has 1 fully saturated rings. The Morgan fingerprint density at radius 1 is 1.85 bits per heavy atom. The molecular formula is C9H14N2O2. The molecule has 1 aliphatic heterocycles. The molecule has 2 atom stereocenters. The summed E-state index contributed by atoms with van der Waals surface area (Å²) >= 11 is 0. The van der Waals surface area contributed by atoms with E-state index in [-0.39, 0.29) is 18.1 Å². The van der Waals surface area contributed by atoms with Crippen LogP contribution in [0.25, 0.3) is 0 Å². The number of terminal acetylenes is 1. The Kier molecular flexibility index (Phi) is 3.29. The van der Waals surface area contributed by atoms with Crippen LogP contribution in [0.5, 0.6) is 0 Å². The molecular weight excluding hydrogens is 168 g/mol. The number of amides is 1. The van der Waals surface area contributed by atoms with Crippen LogP contribution >= 0.6 is 0 Å².